The van der Waals surface area contributed by atoms with Gasteiger partial charge in [-0.15, -0.1) is 0 Å². The third-order valence-electron chi connectivity index (χ3n) is 3.54. The Labute approximate surface area is 111 Å². The topological polar surface area (TPSA) is 52.3 Å². The summed E-state index contributed by atoms with van der Waals surface area (Å²) in [5.74, 6) is 0.322. The molecule has 0 bridgehead atoms. The minimum absolute atomic E-state index is 0.0982. The quantitative estimate of drug-likeness (QED) is 0.790. The Morgan fingerprint density at radius 2 is 2.11 bits per heavy atom. The maximum absolute atomic E-state index is 11.6. The highest BCUT2D eigenvalue weighted by Gasteiger charge is 2.49. The van der Waals surface area contributed by atoms with E-state index in [9.17, 15) is 4.79 Å². The lowest BCUT2D eigenvalue weighted by atomic mass is 9.93. The molecular weight excluding hydrogens is 242 g/mol. The van der Waals surface area contributed by atoms with Crippen molar-refractivity contribution in [1.82, 2.24) is 5.16 Å². The predicted molar refractivity (Wildman–Crippen MR) is 68.9 cm³/mol. The summed E-state index contributed by atoms with van der Waals surface area (Å²) in [7, 11) is 0. The second-order valence-electron chi connectivity index (χ2n) is 4.75. The smallest absolute Gasteiger partial charge is 0.360 e. The molecule has 0 unspecified atom stereocenters. The summed E-state index contributed by atoms with van der Waals surface area (Å²) in [5.41, 5.74) is 1.36. The summed E-state index contributed by atoms with van der Waals surface area (Å²) in [6, 6.07) is 11.9. The molecule has 0 aliphatic heterocycles. The second kappa shape index (κ2) is 4.53. The van der Waals surface area contributed by atoms with Crippen molar-refractivity contribution in [2.75, 3.05) is 6.61 Å². The molecule has 19 heavy (non-hydrogen) atoms. The van der Waals surface area contributed by atoms with Crippen LogP contribution < -0.4 is 0 Å². The molecule has 4 nitrogen and oxygen atoms in total. The predicted octanol–water partition coefficient (Wildman–Crippen LogP) is 2.93. The third-order valence-corrected chi connectivity index (χ3v) is 3.54. The molecule has 0 amide bonds. The number of benzene rings is 1. The number of ether oxygens (including phenoxy) is 1. The van der Waals surface area contributed by atoms with Crippen molar-refractivity contribution in [2.45, 2.75) is 25.2 Å². The Morgan fingerprint density at radius 1 is 1.37 bits per heavy atom. The normalized spacial score (nSPS) is 16.1. The van der Waals surface area contributed by atoms with Gasteiger partial charge in [-0.05, 0) is 25.3 Å². The monoisotopic (exact) mass is 257 g/mol. The molecule has 2 aromatic rings. The Hall–Kier alpha value is -2.10. The molecule has 4 heteroatoms. The Bertz CT molecular complexity index is 584. The van der Waals surface area contributed by atoms with Crippen molar-refractivity contribution in [3.63, 3.8) is 0 Å². The van der Waals surface area contributed by atoms with Crippen LogP contribution in [0.3, 0.4) is 0 Å². The van der Waals surface area contributed by atoms with Crippen LogP contribution >= 0.6 is 0 Å². The molecule has 3 rings (SSSR count). The van der Waals surface area contributed by atoms with Gasteiger partial charge in [-0.25, -0.2) is 4.79 Å². The first kappa shape index (κ1) is 12.0. The van der Waals surface area contributed by atoms with Crippen LogP contribution in [0.1, 0.15) is 41.6 Å². The third kappa shape index (κ3) is 2.03. The molecule has 0 atom stereocenters. The molecule has 1 aromatic heterocycles. The largest absolute Gasteiger partial charge is 0.461 e. The molecule has 0 saturated heterocycles. The van der Waals surface area contributed by atoms with Crippen LogP contribution in [0.4, 0.5) is 0 Å². The molecule has 0 N–H and O–H groups in total. The lowest BCUT2D eigenvalue weighted by Gasteiger charge is -2.10. The first-order chi connectivity index (χ1) is 9.26. The van der Waals surface area contributed by atoms with Crippen LogP contribution in [0.25, 0.3) is 0 Å². The van der Waals surface area contributed by atoms with E-state index < -0.39 is 5.97 Å². The number of aromatic nitrogens is 1. The van der Waals surface area contributed by atoms with E-state index in [0.29, 0.717) is 6.61 Å². The number of rotatable bonds is 4. The fraction of sp³-hybridized carbons (Fsp3) is 0.333. The van der Waals surface area contributed by atoms with Gasteiger partial charge in [0.15, 0.2) is 5.69 Å². The summed E-state index contributed by atoms with van der Waals surface area (Å²) < 4.78 is 10.3. The molecule has 1 aromatic carbocycles. The number of carbonyl (C=O) groups excluding carboxylic acids is 1. The van der Waals surface area contributed by atoms with Gasteiger partial charge in [0, 0.05) is 6.07 Å². The zero-order chi connectivity index (χ0) is 13.3. The van der Waals surface area contributed by atoms with Gasteiger partial charge in [-0.2, -0.15) is 0 Å². The second-order valence-corrected chi connectivity index (χ2v) is 4.75. The average molecular weight is 257 g/mol. The summed E-state index contributed by atoms with van der Waals surface area (Å²) in [5, 5.41) is 3.82. The first-order valence-corrected chi connectivity index (χ1v) is 6.46. The number of nitrogens with zero attached hydrogens (tertiary/aromatic N) is 1. The summed E-state index contributed by atoms with van der Waals surface area (Å²) in [6.45, 7) is 2.11. The zero-order valence-electron chi connectivity index (χ0n) is 10.8. The highest BCUT2D eigenvalue weighted by Crippen LogP contribution is 2.53. The lowest BCUT2D eigenvalue weighted by molar-refractivity contribution is 0.0514. The van der Waals surface area contributed by atoms with E-state index in [1.54, 1.807) is 13.0 Å². The fourth-order valence-corrected chi connectivity index (χ4v) is 2.36. The number of esters is 1. The van der Waals surface area contributed by atoms with Crippen LogP contribution in [0.2, 0.25) is 0 Å². The molecule has 1 fully saturated rings. The SMILES string of the molecule is CCOC(=O)c1cc(C2(c3ccccc3)CC2)on1. The summed E-state index contributed by atoms with van der Waals surface area (Å²) >= 11 is 0. The summed E-state index contributed by atoms with van der Waals surface area (Å²) in [4.78, 5) is 11.6. The van der Waals surface area contributed by atoms with E-state index in [1.165, 1.54) is 5.56 Å². The van der Waals surface area contributed by atoms with Crippen molar-refractivity contribution in [2.24, 2.45) is 0 Å². The highest BCUT2D eigenvalue weighted by atomic mass is 16.5. The Morgan fingerprint density at radius 3 is 2.74 bits per heavy atom. The minimum Gasteiger partial charge on any atom is -0.461 e. The van der Waals surface area contributed by atoms with Crippen molar-refractivity contribution in [3.05, 3.63) is 53.4 Å². The van der Waals surface area contributed by atoms with Crippen LogP contribution in [0.15, 0.2) is 40.9 Å². The van der Waals surface area contributed by atoms with Crippen molar-refractivity contribution in [1.29, 1.82) is 0 Å². The molecule has 0 radical (unpaired) electrons. The standard InChI is InChI=1S/C15H15NO3/c1-2-18-14(17)12-10-13(19-16-12)15(8-9-15)11-6-4-3-5-7-11/h3-7,10H,2,8-9H2,1H3. The number of carbonyl (C=O) groups is 1. The van der Waals surface area contributed by atoms with Gasteiger partial charge in [0.1, 0.15) is 5.76 Å². The maximum Gasteiger partial charge on any atom is 0.360 e. The van der Waals surface area contributed by atoms with Gasteiger partial charge >= 0.3 is 5.97 Å². The number of hydrogen-bond acceptors (Lipinski definition) is 4. The average Bonchev–Trinajstić information content (AvgIpc) is 3.10. The van der Waals surface area contributed by atoms with Crippen molar-refractivity contribution in [3.8, 4) is 0 Å². The van der Waals surface area contributed by atoms with E-state index in [0.717, 1.165) is 18.6 Å². The van der Waals surface area contributed by atoms with E-state index in [4.69, 9.17) is 9.26 Å². The van der Waals surface area contributed by atoms with Gasteiger partial charge in [-0.1, -0.05) is 35.5 Å². The molecular formula is C15H15NO3. The zero-order valence-corrected chi connectivity index (χ0v) is 10.8. The van der Waals surface area contributed by atoms with Crippen LogP contribution in [-0.4, -0.2) is 17.7 Å². The van der Waals surface area contributed by atoms with Gasteiger partial charge in [0.2, 0.25) is 0 Å². The van der Waals surface area contributed by atoms with Crippen molar-refractivity contribution >= 4 is 5.97 Å². The summed E-state index contributed by atoms with van der Waals surface area (Å²) in [6.07, 6.45) is 2.04. The lowest BCUT2D eigenvalue weighted by Crippen LogP contribution is -2.07. The van der Waals surface area contributed by atoms with E-state index in [-0.39, 0.29) is 11.1 Å². The van der Waals surface area contributed by atoms with E-state index >= 15 is 0 Å². The molecule has 1 aliphatic carbocycles. The molecule has 98 valence electrons. The van der Waals surface area contributed by atoms with Crippen molar-refractivity contribution < 1.29 is 14.1 Å². The maximum atomic E-state index is 11.6. The first-order valence-electron chi connectivity index (χ1n) is 6.46. The van der Waals surface area contributed by atoms with Gasteiger partial charge in [-0.3, -0.25) is 0 Å². The molecule has 1 aliphatic rings. The van der Waals surface area contributed by atoms with Gasteiger partial charge in [0.25, 0.3) is 0 Å². The van der Waals surface area contributed by atoms with Gasteiger partial charge in [0.05, 0.1) is 12.0 Å². The fourth-order valence-electron chi connectivity index (χ4n) is 2.36. The molecule has 1 heterocycles. The molecule has 0 spiro atoms. The van der Waals surface area contributed by atoms with E-state index in [1.807, 2.05) is 18.2 Å². The molecule has 1 saturated carbocycles. The van der Waals surface area contributed by atoms with Gasteiger partial charge < -0.3 is 9.26 Å². The van der Waals surface area contributed by atoms with Crippen LogP contribution in [0.5, 0.6) is 0 Å². The minimum atomic E-state index is -0.429. The van der Waals surface area contributed by atoms with E-state index in [2.05, 4.69) is 17.3 Å². The van der Waals surface area contributed by atoms with Crippen LogP contribution in [-0.2, 0) is 10.2 Å². The van der Waals surface area contributed by atoms with Crippen LogP contribution in [0, 0.1) is 0 Å². The Balaban J connectivity index is 1.89. The highest BCUT2D eigenvalue weighted by molar-refractivity contribution is 5.87. The number of hydrogen-bond donors (Lipinski definition) is 0. The Kier molecular flexibility index (Phi) is 2.85.